The Morgan fingerprint density at radius 3 is 2.41 bits per heavy atom. The number of benzene rings is 3. The van der Waals surface area contributed by atoms with E-state index in [1.165, 1.54) is 0 Å². The average molecular weight is 381 g/mol. The van der Waals surface area contributed by atoms with Crippen molar-refractivity contribution < 1.29 is 9.59 Å². The zero-order valence-corrected chi connectivity index (χ0v) is 15.9. The minimum Gasteiger partial charge on any atom is -0.360 e. The fourth-order valence-electron chi connectivity index (χ4n) is 4.16. The van der Waals surface area contributed by atoms with Crippen molar-refractivity contribution in [3.05, 3.63) is 83.0 Å². The number of aromatic nitrogens is 1. The van der Waals surface area contributed by atoms with Crippen LogP contribution in [0.1, 0.15) is 22.3 Å². The van der Waals surface area contributed by atoms with E-state index in [9.17, 15) is 9.59 Å². The molecule has 142 valence electrons. The molecule has 5 rings (SSSR count). The number of aromatic amines is 1. The van der Waals surface area contributed by atoms with E-state index in [0.717, 1.165) is 43.9 Å². The van der Waals surface area contributed by atoms with E-state index < -0.39 is 0 Å². The summed E-state index contributed by atoms with van der Waals surface area (Å²) in [7, 11) is 0. The summed E-state index contributed by atoms with van der Waals surface area (Å²) in [5.74, 6) is -0.745. The second kappa shape index (κ2) is 6.43. The maximum Gasteiger partial charge on any atom is 0.259 e. The molecule has 0 fully saturated rings. The average Bonchev–Trinajstić information content (AvgIpc) is 3.27. The number of amides is 2. The van der Waals surface area contributed by atoms with Crippen LogP contribution in [0.5, 0.6) is 0 Å². The Kier molecular flexibility index (Phi) is 3.86. The lowest BCUT2D eigenvalue weighted by molar-refractivity contribution is -0.122. The summed E-state index contributed by atoms with van der Waals surface area (Å²) < 4.78 is 0. The van der Waals surface area contributed by atoms with Crippen LogP contribution < -0.4 is 11.1 Å². The number of rotatable bonds is 3. The largest absolute Gasteiger partial charge is 0.360 e. The van der Waals surface area contributed by atoms with Gasteiger partial charge in [0.2, 0.25) is 0 Å². The van der Waals surface area contributed by atoms with Gasteiger partial charge < -0.3 is 10.7 Å². The highest BCUT2D eigenvalue weighted by Gasteiger charge is 2.34. The first-order valence-corrected chi connectivity index (χ1v) is 9.47. The van der Waals surface area contributed by atoms with Crippen LogP contribution >= 0.6 is 0 Å². The van der Waals surface area contributed by atoms with E-state index in [2.05, 4.69) is 10.3 Å². The fourth-order valence-corrected chi connectivity index (χ4v) is 4.16. The molecule has 5 heteroatoms. The molecule has 0 saturated heterocycles. The van der Waals surface area contributed by atoms with Crippen molar-refractivity contribution in [2.45, 2.75) is 13.5 Å². The highest BCUT2D eigenvalue weighted by atomic mass is 16.2. The molecule has 1 aliphatic rings. The molecule has 0 saturated carbocycles. The Hall–Kier alpha value is -3.70. The van der Waals surface area contributed by atoms with E-state index >= 15 is 0 Å². The zero-order valence-electron chi connectivity index (χ0n) is 15.9. The second-order valence-corrected chi connectivity index (χ2v) is 7.30. The van der Waals surface area contributed by atoms with Gasteiger partial charge in [-0.15, -0.1) is 0 Å². The lowest BCUT2D eigenvalue weighted by atomic mass is 9.92. The van der Waals surface area contributed by atoms with Gasteiger partial charge in [-0.05, 0) is 40.5 Å². The third-order valence-electron chi connectivity index (χ3n) is 5.57. The predicted molar refractivity (Wildman–Crippen MR) is 115 cm³/mol. The number of para-hydroxylation sites is 1. The molecular weight excluding hydrogens is 362 g/mol. The summed E-state index contributed by atoms with van der Waals surface area (Å²) >= 11 is 0. The molecule has 29 heavy (non-hydrogen) atoms. The number of carbonyl (C=O) groups is 2. The van der Waals surface area contributed by atoms with Crippen molar-refractivity contribution in [2.75, 3.05) is 0 Å². The molecule has 2 amide bonds. The monoisotopic (exact) mass is 381 g/mol. The molecule has 2 heterocycles. The Labute approximate surface area is 167 Å². The number of hydrogen-bond acceptors (Lipinski definition) is 3. The predicted octanol–water partition coefficient (Wildman–Crippen LogP) is 3.66. The number of H-pyrrole nitrogens is 1. The maximum absolute atomic E-state index is 12.8. The topological polar surface area (TPSA) is 88.0 Å². The number of nitrogens with two attached hydrogens (primary N) is 1. The van der Waals surface area contributed by atoms with Crippen molar-refractivity contribution >= 4 is 44.6 Å². The van der Waals surface area contributed by atoms with Crippen LogP contribution in [0.25, 0.3) is 32.8 Å². The number of aryl methyl sites for hydroxylation is 1. The van der Waals surface area contributed by atoms with E-state index in [-0.39, 0.29) is 11.8 Å². The van der Waals surface area contributed by atoms with Crippen molar-refractivity contribution in [3.63, 3.8) is 0 Å². The van der Waals surface area contributed by atoms with E-state index in [4.69, 9.17) is 5.73 Å². The van der Waals surface area contributed by atoms with Crippen molar-refractivity contribution in [1.82, 2.24) is 10.3 Å². The zero-order chi connectivity index (χ0) is 20.1. The summed E-state index contributed by atoms with van der Waals surface area (Å²) in [6.07, 6.45) is 1.81. The number of nitrogens with one attached hydrogen (secondary N) is 2. The molecule has 0 spiro atoms. The number of hydrogen-bond donors (Lipinski definition) is 3. The maximum atomic E-state index is 12.8. The van der Waals surface area contributed by atoms with Crippen LogP contribution in [-0.2, 0) is 16.1 Å². The van der Waals surface area contributed by atoms with Crippen molar-refractivity contribution in [3.8, 4) is 0 Å². The van der Waals surface area contributed by atoms with Crippen molar-refractivity contribution in [2.24, 2.45) is 5.73 Å². The standard InChI is InChI=1S/C24H19N3O2/c1-13-4-2-7-18-19(12-26-22(13)18)21-20(23(28)27-24(21)29)17-6-3-5-15-10-14(11-25)8-9-16(15)17/h2-10,12,26H,11,25H2,1H3,(H,27,28,29). The van der Waals surface area contributed by atoms with Crippen LogP contribution in [0, 0.1) is 6.92 Å². The van der Waals surface area contributed by atoms with Gasteiger partial charge >= 0.3 is 0 Å². The molecule has 5 nitrogen and oxygen atoms in total. The Balaban J connectivity index is 1.83. The molecule has 0 unspecified atom stereocenters. The third-order valence-corrected chi connectivity index (χ3v) is 5.57. The number of carbonyl (C=O) groups excluding carboxylic acids is 2. The van der Waals surface area contributed by atoms with E-state index in [1.807, 2.05) is 67.7 Å². The minimum atomic E-state index is -0.373. The minimum absolute atomic E-state index is 0.372. The molecule has 1 aromatic heterocycles. The first kappa shape index (κ1) is 17.4. The summed E-state index contributed by atoms with van der Waals surface area (Å²) in [6, 6.07) is 17.6. The molecule has 4 N–H and O–H groups in total. The molecule has 0 atom stereocenters. The summed E-state index contributed by atoms with van der Waals surface area (Å²) in [4.78, 5) is 28.9. The van der Waals surface area contributed by atoms with Gasteiger partial charge in [-0.1, -0.05) is 48.5 Å². The lowest BCUT2D eigenvalue weighted by Gasteiger charge is -2.09. The van der Waals surface area contributed by atoms with E-state index in [0.29, 0.717) is 17.7 Å². The second-order valence-electron chi connectivity index (χ2n) is 7.30. The lowest BCUT2D eigenvalue weighted by Crippen LogP contribution is -2.22. The Morgan fingerprint density at radius 2 is 1.62 bits per heavy atom. The first-order valence-electron chi connectivity index (χ1n) is 9.47. The molecular formula is C24H19N3O2. The van der Waals surface area contributed by atoms with Gasteiger partial charge in [0.15, 0.2) is 0 Å². The van der Waals surface area contributed by atoms with Gasteiger partial charge in [0.1, 0.15) is 0 Å². The molecule has 1 aliphatic heterocycles. The first-order chi connectivity index (χ1) is 14.1. The molecule has 3 aromatic carbocycles. The smallest absolute Gasteiger partial charge is 0.259 e. The normalized spacial score (nSPS) is 14.3. The van der Waals surface area contributed by atoms with Gasteiger partial charge in [-0.25, -0.2) is 0 Å². The molecule has 0 aliphatic carbocycles. The molecule has 4 aromatic rings. The van der Waals surface area contributed by atoms with Gasteiger partial charge in [0.25, 0.3) is 11.8 Å². The SMILES string of the molecule is Cc1cccc2c(C3=C(c4cccc5cc(CN)ccc45)C(=O)NC3=O)c[nH]c12. The molecule has 0 bridgehead atoms. The van der Waals surface area contributed by atoms with Crippen molar-refractivity contribution in [1.29, 1.82) is 0 Å². The highest BCUT2D eigenvalue weighted by molar-refractivity contribution is 6.50. The van der Waals surface area contributed by atoms with Gasteiger partial charge in [0.05, 0.1) is 11.1 Å². The Bertz CT molecular complexity index is 1360. The summed E-state index contributed by atoms with van der Waals surface area (Å²) in [5.41, 5.74) is 11.1. The third kappa shape index (κ3) is 2.59. The van der Waals surface area contributed by atoms with Crippen LogP contribution in [0.4, 0.5) is 0 Å². The fraction of sp³-hybridized carbons (Fsp3) is 0.0833. The van der Waals surface area contributed by atoms with Crippen LogP contribution in [0.15, 0.2) is 60.8 Å². The molecule has 0 radical (unpaired) electrons. The summed E-state index contributed by atoms with van der Waals surface area (Å²) in [6.45, 7) is 2.46. The van der Waals surface area contributed by atoms with Gasteiger partial charge in [-0.2, -0.15) is 0 Å². The van der Waals surface area contributed by atoms with Gasteiger partial charge in [-0.3, -0.25) is 14.9 Å². The van der Waals surface area contributed by atoms with E-state index in [1.54, 1.807) is 0 Å². The van der Waals surface area contributed by atoms with Crippen LogP contribution in [-0.4, -0.2) is 16.8 Å². The highest BCUT2D eigenvalue weighted by Crippen LogP contribution is 2.38. The van der Waals surface area contributed by atoms with Gasteiger partial charge in [0, 0.05) is 29.2 Å². The van der Waals surface area contributed by atoms with Crippen LogP contribution in [0.2, 0.25) is 0 Å². The van der Waals surface area contributed by atoms with Crippen LogP contribution in [0.3, 0.4) is 0 Å². The quantitative estimate of drug-likeness (QED) is 0.473. The number of imide groups is 1. The number of fused-ring (bicyclic) bond motifs is 2. The summed E-state index contributed by atoms with van der Waals surface area (Å²) in [5, 5.41) is 5.31. The Morgan fingerprint density at radius 1 is 0.862 bits per heavy atom.